The van der Waals surface area contributed by atoms with E-state index in [1.807, 2.05) is 25.2 Å². The van der Waals surface area contributed by atoms with Crippen LogP contribution in [-0.2, 0) is 4.74 Å². The lowest BCUT2D eigenvalue weighted by Crippen LogP contribution is -2.63. The third-order valence-electron chi connectivity index (χ3n) is 10.9. The number of allylic oxidation sites excluding steroid dienone is 3. The minimum Gasteiger partial charge on any atom is -0.388 e. The third-order valence-corrected chi connectivity index (χ3v) is 10.9. The molecule has 194 valence electrons. The summed E-state index contributed by atoms with van der Waals surface area (Å²) in [6, 6.07) is 6.40. The number of hydrogen-bond acceptors (Lipinski definition) is 6. The third kappa shape index (κ3) is 2.85. The number of aliphatic hydroxyl groups is 2. The maximum Gasteiger partial charge on any atom is 0.116 e. The minimum atomic E-state index is -0.911. The molecule has 6 nitrogen and oxygen atoms in total. The molecule has 1 saturated heterocycles. The first-order valence-corrected chi connectivity index (χ1v) is 13.6. The Labute approximate surface area is 218 Å². The fraction of sp³-hybridized carbons (Fsp3) is 0.548. The van der Waals surface area contributed by atoms with Gasteiger partial charge in [-0.1, -0.05) is 45.1 Å². The zero-order valence-corrected chi connectivity index (χ0v) is 22.4. The second kappa shape index (κ2) is 7.38. The van der Waals surface area contributed by atoms with Crippen LogP contribution in [0.1, 0.15) is 52.0 Å². The minimum absolute atomic E-state index is 0.134. The molecule has 1 saturated carbocycles. The van der Waals surface area contributed by atoms with Crippen molar-refractivity contribution < 1.29 is 14.9 Å². The average Bonchev–Trinajstić information content (AvgIpc) is 3.40. The standard InChI is InChI=1S/C31H37N3O3/c1-28(2)14-20-13-22-26(35)27(36)24(34(4)5)15-30(22)10-11-31(20,37-30)25-9-7-21(29(25,28)3)18-6-8-23-19(12-18)16-32-17-33-23/h6-8,12-14,16-17,24-27,35-36H,9-11,15H2,1-5H3/t24-,25?,26+,27+,29+,30+,31+/m0/s1. The van der Waals surface area contributed by atoms with Crippen molar-refractivity contribution in [1.82, 2.24) is 14.9 Å². The normalized spacial score (nSPS) is 41.6. The van der Waals surface area contributed by atoms with E-state index in [4.69, 9.17) is 4.74 Å². The Morgan fingerprint density at radius 3 is 2.70 bits per heavy atom. The highest BCUT2D eigenvalue weighted by molar-refractivity contribution is 5.85. The van der Waals surface area contributed by atoms with Crippen LogP contribution >= 0.6 is 0 Å². The van der Waals surface area contributed by atoms with Crippen LogP contribution in [0.4, 0.5) is 0 Å². The van der Waals surface area contributed by atoms with Crippen LogP contribution < -0.4 is 0 Å². The quantitative estimate of drug-likeness (QED) is 0.642. The molecule has 2 fully saturated rings. The molecule has 2 spiro atoms. The number of aliphatic hydroxyl groups excluding tert-OH is 2. The van der Waals surface area contributed by atoms with E-state index in [2.05, 4.69) is 67.2 Å². The second-order valence-electron chi connectivity index (χ2n) is 13.0. The average molecular weight is 500 g/mol. The van der Waals surface area contributed by atoms with Crippen molar-refractivity contribution in [3.8, 4) is 0 Å². The number of hydrogen-bond donors (Lipinski definition) is 2. The number of aromatic nitrogens is 2. The van der Waals surface area contributed by atoms with Crippen LogP contribution in [0.2, 0.25) is 0 Å². The van der Waals surface area contributed by atoms with Crippen molar-refractivity contribution in [3.63, 3.8) is 0 Å². The number of nitrogens with zero attached hydrogens (tertiary/aromatic N) is 3. The van der Waals surface area contributed by atoms with Crippen molar-refractivity contribution in [1.29, 1.82) is 0 Å². The first kappa shape index (κ1) is 23.7. The molecule has 0 amide bonds. The van der Waals surface area contributed by atoms with E-state index >= 15 is 0 Å². The van der Waals surface area contributed by atoms with Gasteiger partial charge in [0.1, 0.15) is 12.4 Å². The molecular weight excluding hydrogens is 462 g/mol. The fourth-order valence-electron chi connectivity index (χ4n) is 8.67. The predicted molar refractivity (Wildman–Crippen MR) is 144 cm³/mol. The van der Waals surface area contributed by atoms with Gasteiger partial charge in [-0.05, 0) is 79.6 Å². The summed E-state index contributed by atoms with van der Waals surface area (Å²) in [6.45, 7) is 7.11. The first-order valence-electron chi connectivity index (χ1n) is 13.6. The summed E-state index contributed by atoms with van der Waals surface area (Å²) in [7, 11) is 3.96. The predicted octanol–water partition coefficient (Wildman–Crippen LogP) is 4.29. The Hall–Kier alpha value is -2.38. The molecule has 7 atom stereocenters. The van der Waals surface area contributed by atoms with Gasteiger partial charge in [-0.3, -0.25) is 0 Å². The molecule has 5 aliphatic rings. The number of rotatable bonds is 2. The molecule has 2 aromatic rings. The molecule has 2 bridgehead atoms. The maximum atomic E-state index is 11.3. The van der Waals surface area contributed by atoms with E-state index in [9.17, 15) is 10.2 Å². The van der Waals surface area contributed by atoms with E-state index in [1.165, 1.54) is 16.7 Å². The van der Waals surface area contributed by atoms with Gasteiger partial charge in [0.05, 0.1) is 22.8 Å². The van der Waals surface area contributed by atoms with Crippen LogP contribution in [0.5, 0.6) is 0 Å². The lowest BCUT2D eigenvalue weighted by Gasteiger charge is -2.60. The Balaban J connectivity index is 1.36. The van der Waals surface area contributed by atoms with Gasteiger partial charge in [-0.2, -0.15) is 0 Å². The highest BCUT2D eigenvalue weighted by Crippen LogP contribution is 2.71. The van der Waals surface area contributed by atoms with Gasteiger partial charge in [-0.15, -0.1) is 0 Å². The summed E-state index contributed by atoms with van der Waals surface area (Å²) in [5.74, 6) is 0.284. The molecule has 6 heteroatoms. The smallest absolute Gasteiger partial charge is 0.116 e. The lowest BCUT2D eigenvalue weighted by molar-refractivity contribution is -0.170. The summed E-state index contributed by atoms with van der Waals surface area (Å²) < 4.78 is 7.32. The Bertz CT molecular complexity index is 1410. The number of benzene rings is 1. The monoisotopic (exact) mass is 499 g/mol. The van der Waals surface area contributed by atoms with Crippen molar-refractivity contribution in [2.45, 2.75) is 75.9 Å². The first-order chi connectivity index (χ1) is 17.5. The zero-order chi connectivity index (χ0) is 26.0. The summed E-state index contributed by atoms with van der Waals surface area (Å²) in [4.78, 5) is 10.7. The Morgan fingerprint density at radius 2 is 1.92 bits per heavy atom. The SMILES string of the molecule is CN(C)[C@H]1C[C@@]23CC[C@@]4(O2)C(=CC(C)(C)[C@]2(C)C(c5ccc6ncncc6c5)=CCC42)C=C3[C@@H](O)[C@@H]1O. The maximum absolute atomic E-state index is 11.3. The summed E-state index contributed by atoms with van der Waals surface area (Å²) in [5.41, 5.74) is 4.46. The Kier molecular flexibility index (Phi) is 4.73. The number of fused-ring (bicyclic) bond motifs is 2. The highest BCUT2D eigenvalue weighted by Gasteiger charge is 2.70. The molecule has 2 N–H and O–H groups in total. The van der Waals surface area contributed by atoms with Crippen molar-refractivity contribution in [3.05, 3.63) is 65.7 Å². The highest BCUT2D eigenvalue weighted by atomic mass is 16.5. The second-order valence-corrected chi connectivity index (χ2v) is 13.0. The molecule has 1 aromatic heterocycles. The van der Waals surface area contributed by atoms with Crippen LogP contribution in [0.25, 0.3) is 16.5 Å². The fourth-order valence-corrected chi connectivity index (χ4v) is 8.67. The van der Waals surface area contributed by atoms with Gasteiger partial charge in [0.2, 0.25) is 0 Å². The summed E-state index contributed by atoms with van der Waals surface area (Å²) in [6.07, 6.45) is 12.3. The van der Waals surface area contributed by atoms with E-state index in [0.717, 1.165) is 35.7 Å². The van der Waals surface area contributed by atoms with Crippen LogP contribution in [0.15, 0.2) is 60.1 Å². The van der Waals surface area contributed by atoms with E-state index in [0.29, 0.717) is 6.42 Å². The largest absolute Gasteiger partial charge is 0.388 e. The summed E-state index contributed by atoms with van der Waals surface area (Å²) >= 11 is 0. The van der Waals surface area contributed by atoms with Gasteiger partial charge >= 0.3 is 0 Å². The van der Waals surface area contributed by atoms with E-state index < -0.39 is 17.8 Å². The van der Waals surface area contributed by atoms with Gasteiger partial charge in [0.15, 0.2) is 0 Å². The lowest BCUT2D eigenvalue weighted by atomic mass is 9.49. The van der Waals surface area contributed by atoms with E-state index in [1.54, 1.807) is 6.33 Å². The van der Waals surface area contributed by atoms with Crippen molar-refractivity contribution in [2.75, 3.05) is 14.1 Å². The van der Waals surface area contributed by atoms with Gasteiger partial charge < -0.3 is 19.8 Å². The van der Waals surface area contributed by atoms with Crippen LogP contribution in [0, 0.1) is 16.7 Å². The molecule has 3 aliphatic carbocycles. The topological polar surface area (TPSA) is 78.7 Å². The van der Waals surface area contributed by atoms with Gasteiger partial charge in [0, 0.05) is 29.0 Å². The molecule has 1 aromatic carbocycles. The van der Waals surface area contributed by atoms with Crippen LogP contribution in [-0.4, -0.2) is 68.6 Å². The molecule has 1 unspecified atom stereocenters. The molecule has 3 heterocycles. The van der Waals surface area contributed by atoms with Gasteiger partial charge in [0.25, 0.3) is 0 Å². The van der Waals surface area contributed by atoms with Gasteiger partial charge in [-0.25, -0.2) is 9.97 Å². The van der Waals surface area contributed by atoms with Crippen molar-refractivity contribution >= 4 is 16.5 Å². The Morgan fingerprint density at radius 1 is 1.11 bits per heavy atom. The molecule has 7 rings (SSSR count). The molecule has 37 heavy (non-hydrogen) atoms. The zero-order valence-electron chi connectivity index (χ0n) is 22.4. The molecular formula is C31H37N3O3. The molecule has 0 radical (unpaired) electrons. The summed E-state index contributed by atoms with van der Waals surface area (Å²) in [5, 5.41) is 23.3. The number of likely N-dealkylation sites (N-methyl/N-ethyl adjacent to an activating group) is 1. The van der Waals surface area contributed by atoms with Crippen molar-refractivity contribution in [2.24, 2.45) is 16.7 Å². The van der Waals surface area contributed by atoms with E-state index in [-0.39, 0.29) is 28.4 Å². The molecule has 2 aliphatic heterocycles. The number of ether oxygens (including phenoxy) is 1. The van der Waals surface area contributed by atoms with Crippen LogP contribution in [0.3, 0.4) is 0 Å².